The number of carbonyl (C=O) groups excluding carboxylic acids is 1. The zero-order chi connectivity index (χ0) is 21.1. The molecular formula is C21H23N3O4S2. The lowest BCUT2D eigenvalue weighted by molar-refractivity contribution is 0.102. The van der Waals surface area contributed by atoms with Crippen molar-refractivity contribution in [1.82, 2.24) is 9.29 Å². The van der Waals surface area contributed by atoms with Gasteiger partial charge in [-0.3, -0.25) is 4.79 Å². The summed E-state index contributed by atoms with van der Waals surface area (Å²) in [6.45, 7) is 3.27. The monoisotopic (exact) mass is 445 g/mol. The number of piperidine rings is 1. The van der Waals surface area contributed by atoms with E-state index in [-0.39, 0.29) is 10.8 Å². The van der Waals surface area contributed by atoms with Gasteiger partial charge in [-0.15, -0.1) is 11.3 Å². The van der Waals surface area contributed by atoms with Crippen LogP contribution in [0.15, 0.2) is 46.8 Å². The van der Waals surface area contributed by atoms with E-state index in [2.05, 4.69) is 10.3 Å². The standard InChI is InChI=1S/C21H23N3O4S2/c1-2-28-19-9-7-16(30(26,27)24-10-4-3-5-11-24)13-18(19)23-21(25)15-6-8-17-20(12-15)29-14-22-17/h6-9,12-14H,2-5,10-11H2,1H3,(H,23,25). The van der Waals surface area contributed by atoms with Gasteiger partial charge in [0.2, 0.25) is 10.0 Å². The highest BCUT2D eigenvalue weighted by atomic mass is 32.2. The molecule has 1 amide bonds. The fraction of sp³-hybridized carbons (Fsp3) is 0.333. The maximum absolute atomic E-state index is 13.0. The molecule has 2 heterocycles. The third kappa shape index (κ3) is 4.19. The van der Waals surface area contributed by atoms with Crippen molar-refractivity contribution in [3.05, 3.63) is 47.5 Å². The predicted octanol–water partition coefficient (Wildman–Crippen LogP) is 4.12. The van der Waals surface area contributed by atoms with Crippen LogP contribution in [0.25, 0.3) is 10.2 Å². The lowest BCUT2D eigenvalue weighted by Crippen LogP contribution is -2.35. The second-order valence-electron chi connectivity index (χ2n) is 7.04. The number of rotatable bonds is 6. The summed E-state index contributed by atoms with van der Waals surface area (Å²) in [5.74, 6) is 0.0982. The van der Waals surface area contributed by atoms with Crippen molar-refractivity contribution in [2.24, 2.45) is 0 Å². The Kier molecular flexibility index (Phi) is 6.03. The summed E-state index contributed by atoms with van der Waals surface area (Å²) in [5, 5.41) is 2.82. The van der Waals surface area contributed by atoms with E-state index >= 15 is 0 Å². The van der Waals surface area contributed by atoms with E-state index in [4.69, 9.17) is 4.74 Å². The molecule has 7 nitrogen and oxygen atoms in total. The minimum Gasteiger partial charge on any atom is -0.492 e. The first-order valence-corrected chi connectivity index (χ1v) is 12.2. The van der Waals surface area contributed by atoms with Crippen LogP contribution in [0.1, 0.15) is 36.5 Å². The Labute approximate surface area is 179 Å². The molecule has 1 aliphatic heterocycles. The Morgan fingerprint density at radius 3 is 2.73 bits per heavy atom. The van der Waals surface area contributed by atoms with Crippen LogP contribution < -0.4 is 10.1 Å². The van der Waals surface area contributed by atoms with Crippen molar-refractivity contribution in [1.29, 1.82) is 0 Å². The van der Waals surface area contributed by atoms with Gasteiger partial charge >= 0.3 is 0 Å². The van der Waals surface area contributed by atoms with Gasteiger partial charge in [-0.05, 0) is 56.2 Å². The van der Waals surface area contributed by atoms with Crippen molar-refractivity contribution in [2.45, 2.75) is 31.1 Å². The molecule has 1 aliphatic rings. The topological polar surface area (TPSA) is 88.6 Å². The first kappa shape index (κ1) is 20.8. The Bertz CT molecular complexity index is 1170. The molecule has 0 spiro atoms. The second kappa shape index (κ2) is 8.71. The minimum absolute atomic E-state index is 0.154. The molecule has 0 saturated carbocycles. The molecule has 0 bridgehead atoms. The molecule has 2 aromatic carbocycles. The molecule has 1 fully saturated rings. The number of nitrogens with zero attached hydrogens (tertiary/aromatic N) is 2. The van der Waals surface area contributed by atoms with E-state index in [0.717, 1.165) is 29.5 Å². The summed E-state index contributed by atoms with van der Waals surface area (Å²) in [6, 6.07) is 9.89. The van der Waals surface area contributed by atoms with Gasteiger partial charge in [0.15, 0.2) is 0 Å². The molecule has 158 valence electrons. The first-order valence-electron chi connectivity index (χ1n) is 9.90. The molecule has 1 aromatic heterocycles. The number of ether oxygens (including phenoxy) is 1. The van der Waals surface area contributed by atoms with Crippen LogP contribution in [0.4, 0.5) is 5.69 Å². The fourth-order valence-electron chi connectivity index (χ4n) is 3.49. The number of sulfonamides is 1. The third-order valence-electron chi connectivity index (χ3n) is 5.05. The van der Waals surface area contributed by atoms with Crippen LogP contribution in [0.5, 0.6) is 5.75 Å². The summed E-state index contributed by atoms with van der Waals surface area (Å²) in [5.41, 5.74) is 3.37. The number of hydrogen-bond acceptors (Lipinski definition) is 6. The number of hydrogen-bond donors (Lipinski definition) is 1. The highest BCUT2D eigenvalue weighted by Gasteiger charge is 2.27. The summed E-state index contributed by atoms with van der Waals surface area (Å²) in [4.78, 5) is 17.2. The summed E-state index contributed by atoms with van der Waals surface area (Å²) in [6.07, 6.45) is 2.76. The number of thiazole rings is 1. The molecule has 0 aliphatic carbocycles. The van der Waals surface area contributed by atoms with Crippen LogP contribution in [-0.4, -0.2) is 43.3 Å². The molecule has 9 heteroatoms. The van der Waals surface area contributed by atoms with Gasteiger partial charge in [0.05, 0.1) is 32.9 Å². The Morgan fingerprint density at radius 1 is 1.17 bits per heavy atom. The first-order chi connectivity index (χ1) is 14.5. The number of carbonyl (C=O) groups is 1. The van der Waals surface area contributed by atoms with Crippen LogP contribution in [0.2, 0.25) is 0 Å². The minimum atomic E-state index is -3.62. The van der Waals surface area contributed by atoms with Crippen molar-refractivity contribution in [2.75, 3.05) is 25.0 Å². The average molecular weight is 446 g/mol. The van der Waals surface area contributed by atoms with E-state index < -0.39 is 10.0 Å². The maximum Gasteiger partial charge on any atom is 0.255 e. The molecule has 1 N–H and O–H groups in total. The quantitative estimate of drug-likeness (QED) is 0.617. The summed E-state index contributed by atoms with van der Waals surface area (Å²) in [7, 11) is -3.62. The molecule has 1 saturated heterocycles. The number of amides is 1. The number of aromatic nitrogens is 1. The van der Waals surface area contributed by atoms with E-state index in [1.165, 1.54) is 27.8 Å². The fourth-order valence-corrected chi connectivity index (χ4v) is 5.75. The van der Waals surface area contributed by atoms with Gasteiger partial charge in [0, 0.05) is 18.7 Å². The largest absolute Gasteiger partial charge is 0.492 e. The number of fused-ring (bicyclic) bond motifs is 1. The Morgan fingerprint density at radius 2 is 1.97 bits per heavy atom. The molecule has 0 atom stereocenters. The van der Waals surface area contributed by atoms with Gasteiger partial charge in [-0.1, -0.05) is 6.42 Å². The van der Waals surface area contributed by atoms with Gasteiger partial charge in [0.1, 0.15) is 5.75 Å². The molecule has 4 rings (SSSR count). The predicted molar refractivity (Wildman–Crippen MR) is 118 cm³/mol. The normalized spacial score (nSPS) is 15.2. The molecule has 30 heavy (non-hydrogen) atoms. The zero-order valence-electron chi connectivity index (χ0n) is 16.6. The third-order valence-corrected chi connectivity index (χ3v) is 7.73. The molecule has 3 aromatic rings. The van der Waals surface area contributed by atoms with Crippen molar-refractivity contribution in [3.63, 3.8) is 0 Å². The summed E-state index contributed by atoms with van der Waals surface area (Å²) < 4.78 is 34.1. The van der Waals surface area contributed by atoms with Gasteiger partial charge in [-0.2, -0.15) is 4.31 Å². The smallest absolute Gasteiger partial charge is 0.255 e. The highest BCUT2D eigenvalue weighted by Crippen LogP contribution is 2.31. The van der Waals surface area contributed by atoms with Crippen LogP contribution in [0, 0.1) is 0 Å². The van der Waals surface area contributed by atoms with Crippen molar-refractivity contribution < 1.29 is 17.9 Å². The Balaban J connectivity index is 1.64. The number of nitrogens with one attached hydrogen (secondary N) is 1. The van der Waals surface area contributed by atoms with Gasteiger partial charge in [-0.25, -0.2) is 13.4 Å². The van der Waals surface area contributed by atoms with Gasteiger partial charge in [0.25, 0.3) is 5.91 Å². The van der Waals surface area contributed by atoms with Gasteiger partial charge < -0.3 is 10.1 Å². The Hall–Kier alpha value is -2.49. The highest BCUT2D eigenvalue weighted by molar-refractivity contribution is 7.89. The van der Waals surface area contributed by atoms with Crippen LogP contribution in [-0.2, 0) is 10.0 Å². The van der Waals surface area contributed by atoms with E-state index in [1.54, 1.807) is 29.8 Å². The van der Waals surface area contributed by atoms with Crippen LogP contribution >= 0.6 is 11.3 Å². The second-order valence-corrected chi connectivity index (χ2v) is 9.87. The van der Waals surface area contributed by atoms with E-state index in [9.17, 15) is 13.2 Å². The molecule has 0 radical (unpaired) electrons. The summed E-state index contributed by atoms with van der Waals surface area (Å²) >= 11 is 1.46. The molecular weight excluding hydrogens is 422 g/mol. The SMILES string of the molecule is CCOc1ccc(S(=O)(=O)N2CCCCC2)cc1NC(=O)c1ccc2ncsc2c1. The zero-order valence-corrected chi connectivity index (χ0v) is 18.3. The van der Waals surface area contributed by atoms with Crippen LogP contribution in [0.3, 0.4) is 0 Å². The van der Waals surface area contributed by atoms with E-state index in [1.807, 2.05) is 6.92 Å². The van der Waals surface area contributed by atoms with Crippen molar-refractivity contribution in [3.8, 4) is 5.75 Å². The number of anilines is 1. The lowest BCUT2D eigenvalue weighted by Gasteiger charge is -2.26. The van der Waals surface area contributed by atoms with E-state index in [0.29, 0.717) is 36.7 Å². The average Bonchev–Trinajstić information content (AvgIpc) is 3.23. The maximum atomic E-state index is 13.0. The molecule has 0 unspecified atom stereocenters. The number of benzene rings is 2. The lowest BCUT2D eigenvalue weighted by atomic mass is 10.2. The van der Waals surface area contributed by atoms with Crippen molar-refractivity contribution >= 4 is 43.2 Å².